The van der Waals surface area contributed by atoms with Crippen LogP contribution < -0.4 is 4.90 Å². The molecular formula is C21H29ClN2O2. The van der Waals surface area contributed by atoms with Crippen molar-refractivity contribution in [3.63, 3.8) is 0 Å². The predicted octanol–water partition coefficient (Wildman–Crippen LogP) is 3.95. The van der Waals surface area contributed by atoms with Crippen LogP contribution >= 0.6 is 11.6 Å². The Morgan fingerprint density at radius 2 is 2.04 bits per heavy atom. The summed E-state index contributed by atoms with van der Waals surface area (Å²) in [7, 11) is 0. The summed E-state index contributed by atoms with van der Waals surface area (Å²) in [6.07, 6.45) is 6.22. The zero-order valence-electron chi connectivity index (χ0n) is 15.6. The van der Waals surface area contributed by atoms with Gasteiger partial charge in [0.15, 0.2) is 0 Å². The molecule has 2 aliphatic heterocycles. The van der Waals surface area contributed by atoms with E-state index in [4.69, 9.17) is 11.6 Å². The van der Waals surface area contributed by atoms with Crippen LogP contribution in [0.15, 0.2) is 18.2 Å². The summed E-state index contributed by atoms with van der Waals surface area (Å²) in [5, 5.41) is 11.6. The van der Waals surface area contributed by atoms with Crippen LogP contribution in [0.5, 0.6) is 0 Å². The number of nitrogens with zero attached hydrogens (tertiary/aromatic N) is 2. The van der Waals surface area contributed by atoms with Gasteiger partial charge in [0.25, 0.3) is 5.91 Å². The molecule has 0 spiro atoms. The van der Waals surface area contributed by atoms with Gasteiger partial charge < -0.3 is 14.9 Å². The summed E-state index contributed by atoms with van der Waals surface area (Å²) in [6, 6.07) is 5.73. The molecule has 1 N–H and O–H groups in total. The Hall–Kier alpha value is -1.26. The summed E-state index contributed by atoms with van der Waals surface area (Å²) >= 11 is 6.50. The molecule has 4 nitrogen and oxygen atoms in total. The molecule has 1 aromatic carbocycles. The molecule has 1 aromatic rings. The second kappa shape index (κ2) is 7.05. The first-order valence-electron chi connectivity index (χ1n) is 10.1. The van der Waals surface area contributed by atoms with E-state index < -0.39 is 5.60 Å². The largest absolute Gasteiger partial charge is 0.390 e. The van der Waals surface area contributed by atoms with Crippen molar-refractivity contribution in [1.82, 2.24) is 4.90 Å². The molecule has 4 rings (SSSR count). The zero-order valence-corrected chi connectivity index (χ0v) is 16.3. The van der Waals surface area contributed by atoms with Gasteiger partial charge in [0.05, 0.1) is 16.3 Å². The van der Waals surface area contributed by atoms with Crippen molar-refractivity contribution < 1.29 is 9.90 Å². The SMILES string of the molecule is CC[C@]1(O)CCC[C@H]2CN(C(=O)c3ccc(N4CCCC4)c(Cl)c3)C[C@H]21. The van der Waals surface area contributed by atoms with Gasteiger partial charge in [0.2, 0.25) is 0 Å². The standard InChI is InChI=1S/C21H29ClN2O2/c1-2-21(26)9-5-6-16-13-24(14-17(16)21)20(25)15-7-8-19(18(22)12-15)23-10-3-4-11-23/h7-8,12,16-17,26H,2-6,9-11,13-14H2,1H3/t16-,17+,21-/m0/s1. The third-order valence-electron chi connectivity index (χ3n) is 6.86. The van der Waals surface area contributed by atoms with E-state index in [1.165, 1.54) is 12.8 Å². The minimum atomic E-state index is -0.602. The molecule has 0 bridgehead atoms. The van der Waals surface area contributed by atoms with Crippen molar-refractivity contribution in [2.45, 2.75) is 51.0 Å². The Balaban J connectivity index is 1.50. The lowest BCUT2D eigenvalue weighted by molar-refractivity contribution is -0.0609. The van der Waals surface area contributed by atoms with Gasteiger partial charge in [0, 0.05) is 37.7 Å². The van der Waals surface area contributed by atoms with Crippen molar-refractivity contribution in [1.29, 1.82) is 0 Å². The molecule has 1 aliphatic carbocycles. The molecule has 0 aromatic heterocycles. The topological polar surface area (TPSA) is 43.8 Å². The van der Waals surface area contributed by atoms with E-state index in [0.29, 0.717) is 23.0 Å². The lowest BCUT2D eigenvalue weighted by Gasteiger charge is -2.40. The second-order valence-corrected chi connectivity index (χ2v) is 8.69. The lowest BCUT2D eigenvalue weighted by atomic mass is 9.69. The van der Waals surface area contributed by atoms with Gasteiger partial charge in [-0.25, -0.2) is 0 Å². The average molecular weight is 377 g/mol. The van der Waals surface area contributed by atoms with Crippen molar-refractivity contribution in [2.24, 2.45) is 11.8 Å². The number of benzene rings is 1. The maximum atomic E-state index is 13.0. The predicted molar refractivity (Wildman–Crippen MR) is 105 cm³/mol. The molecule has 0 unspecified atom stereocenters. The number of hydrogen-bond donors (Lipinski definition) is 1. The Bertz CT molecular complexity index is 689. The second-order valence-electron chi connectivity index (χ2n) is 8.29. The fraction of sp³-hybridized carbons (Fsp3) is 0.667. The van der Waals surface area contributed by atoms with Crippen LogP contribution in [-0.2, 0) is 0 Å². The number of anilines is 1. The molecule has 3 fully saturated rings. The number of halogens is 1. The highest BCUT2D eigenvalue weighted by atomic mass is 35.5. The van der Waals surface area contributed by atoms with Crippen LogP contribution in [0.3, 0.4) is 0 Å². The molecule has 2 saturated heterocycles. The van der Waals surface area contributed by atoms with E-state index in [9.17, 15) is 9.90 Å². The van der Waals surface area contributed by atoms with E-state index in [1.807, 2.05) is 23.1 Å². The van der Waals surface area contributed by atoms with Crippen LogP contribution in [0.4, 0.5) is 5.69 Å². The maximum Gasteiger partial charge on any atom is 0.253 e. The number of carbonyl (C=O) groups is 1. The summed E-state index contributed by atoms with van der Waals surface area (Å²) in [4.78, 5) is 17.3. The fourth-order valence-electron chi connectivity index (χ4n) is 5.27. The summed E-state index contributed by atoms with van der Waals surface area (Å²) in [5.74, 6) is 0.689. The van der Waals surface area contributed by atoms with E-state index in [-0.39, 0.29) is 11.8 Å². The zero-order chi connectivity index (χ0) is 18.3. The van der Waals surface area contributed by atoms with Gasteiger partial charge in [-0.3, -0.25) is 4.79 Å². The van der Waals surface area contributed by atoms with Crippen LogP contribution in [0.2, 0.25) is 5.02 Å². The van der Waals surface area contributed by atoms with Crippen LogP contribution in [0, 0.1) is 11.8 Å². The molecule has 1 saturated carbocycles. The van der Waals surface area contributed by atoms with Crippen LogP contribution in [0.25, 0.3) is 0 Å². The van der Waals surface area contributed by atoms with Crippen LogP contribution in [0.1, 0.15) is 55.8 Å². The van der Waals surface area contributed by atoms with Gasteiger partial charge in [0.1, 0.15) is 0 Å². The molecule has 2 heterocycles. The third-order valence-corrected chi connectivity index (χ3v) is 7.16. The Morgan fingerprint density at radius 3 is 2.73 bits per heavy atom. The summed E-state index contributed by atoms with van der Waals surface area (Å²) in [6.45, 7) is 5.57. The normalized spacial score (nSPS) is 31.3. The monoisotopic (exact) mass is 376 g/mol. The molecule has 3 atom stereocenters. The summed E-state index contributed by atoms with van der Waals surface area (Å²) < 4.78 is 0. The molecule has 1 amide bonds. The number of hydrogen-bond acceptors (Lipinski definition) is 3. The quantitative estimate of drug-likeness (QED) is 0.868. The van der Waals surface area contributed by atoms with E-state index in [2.05, 4.69) is 11.8 Å². The van der Waals surface area contributed by atoms with E-state index in [0.717, 1.165) is 51.0 Å². The molecule has 3 aliphatic rings. The number of likely N-dealkylation sites (tertiary alicyclic amines) is 1. The Labute approximate surface area is 161 Å². The summed E-state index contributed by atoms with van der Waals surface area (Å²) in [5.41, 5.74) is 1.10. The number of fused-ring (bicyclic) bond motifs is 1. The van der Waals surface area contributed by atoms with Crippen LogP contribution in [-0.4, -0.2) is 47.7 Å². The first-order valence-corrected chi connectivity index (χ1v) is 10.5. The van der Waals surface area contributed by atoms with Crippen molar-refractivity contribution in [3.05, 3.63) is 28.8 Å². The van der Waals surface area contributed by atoms with Crippen molar-refractivity contribution in [3.8, 4) is 0 Å². The maximum absolute atomic E-state index is 13.0. The minimum absolute atomic E-state index is 0.0488. The molecular weight excluding hydrogens is 348 g/mol. The lowest BCUT2D eigenvalue weighted by Crippen LogP contribution is -2.44. The van der Waals surface area contributed by atoms with Crippen molar-refractivity contribution in [2.75, 3.05) is 31.1 Å². The number of carbonyl (C=O) groups excluding carboxylic acids is 1. The Morgan fingerprint density at radius 1 is 1.27 bits per heavy atom. The average Bonchev–Trinajstić information content (AvgIpc) is 3.31. The molecule has 26 heavy (non-hydrogen) atoms. The number of aliphatic hydroxyl groups is 1. The number of rotatable bonds is 3. The smallest absolute Gasteiger partial charge is 0.253 e. The van der Waals surface area contributed by atoms with Gasteiger partial charge in [-0.2, -0.15) is 0 Å². The minimum Gasteiger partial charge on any atom is -0.390 e. The molecule has 142 valence electrons. The number of amides is 1. The van der Waals surface area contributed by atoms with Gasteiger partial charge in [-0.15, -0.1) is 0 Å². The first-order chi connectivity index (χ1) is 12.5. The molecule has 5 heteroatoms. The highest BCUT2D eigenvalue weighted by Crippen LogP contribution is 2.44. The van der Waals surface area contributed by atoms with E-state index >= 15 is 0 Å². The first kappa shape index (κ1) is 18.1. The fourth-order valence-corrected chi connectivity index (χ4v) is 5.57. The molecule has 0 radical (unpaired) electrons. The van der Waals surface area contributed by atoms with Gasteiger partial charge in [-0.05, 0) is 56.2 Å². The van der Waals surface area contributed by atoms with Gasteiger partial charge in [-0.1, -0.05) is 24.9 Å². The highest BCUT2D eigenvalue weighted by molar-refractivity contribution is 6.33. The van der Waals surface area contributed by atoms with E-state index in [1.54, 1.807) is 0 Å². The third kappa shape index (κ3) is 3.11. The Kier molecular flexibility index (Phi) is 4.91. The van der Waals surface area contributed by atoms with Crippen molar-refractivity contribution >= 4 is 23.2 Å². The highest BCUT2D eigenvalue weighted by Gasteiger charge is 2.48. The van der Waals surface area contributed by atoms with Gasteiger partial charge >= 0.3 is 0 Å².